The number of hydrogen-bond donors (Lipinski definition) is 2. The van der Waals surface area contributed by atoms with E-state index >= 15 is 8.78 Å². The van der Waals surface area contributed by atoms with Gasteiger partial charge in [0, 0.05) is 16.7 Å². The van der Waals surface area contributed by atoms with Crippen molar-refractivity contribution >= 4 is 22.9 Å². The number of Topliss-reactive ketones (excluding diaryl/α,β-unsaturated/α-hetero) is 1. The van der Waals surface area contributed by atoms with Crippen LogP contribution in [-0.2, 0) is 25.5 Å². The first-order valence-corrected chi connectivity index (χ1v) is 15.8. The molecule has 3 saturated carbocycles. The van der Waals surface area contributed by atoms with E-state index in [0.29, 0.717) is 0 Å². The van der Waals surface area contributed by atoms with E-state index in [1.807, 2.05) is 18.4 Å². The van der Waals surface area contributed by atoms with Crippen molar-refractivity contribution in [1.29, 1.82) is 0 Å². The zero-order valence-electron chi connectivity index (χ0n) is 24.4. The predicted octanol–water partition coefficient (Wildman–Crippen LogP) is 5.29. The fraction of sp³-hybridized carbons (Fsp3) is 0.529. The average Bonchev–Trinajstić information content (AvgIpc) is 3.65. The van der Waals surface area contributed by atoms with Crippen molar-refractivity contribution in [2.45, 2.75) is 82.4 Å². The number of aryl methyl sites for hydroxylation is 1. The van der Waals surface area contributed by atoms with Gasteiger partial charge in [-0.05, 0) is 85.7 Å². The van der Waals surface area contributed by atoms with E-state index in [2.05, 4.69) is 24.3 Å². The average molecular weight is 611 g/mol. The summed E-state index contributed by atoms with van der Waals surface area (Å²) >= 11 is 1.46. The van der Waals surface area contributed by atoms with Crippen LogP contribution in [-0.4, -0.2) is 58.0 Å². The Bertz CT molecular complexity index is 1550. The molecule has 228 valence electrons. The molecule has 0 amide bonds. The van der Waals surface area contributed by atoms with Crippen molar-refractivity contribution in [1.82, 2.24) is 0 Å². The van der Waals surface area contributed by atoms with Gasteiger partial charge in [0.2, 0.25) is 0 Å². The van der Waals surface area contributed by atoms with E-state index in [0.717, 1.165) is 28.5 Å². The predicted molar refractivity (Wildman–Crippen MR) is 156 cm³/mol. The molecule has 1 aromatic heterocycles. The zero-order chi connectivity index (χ0) is 30.5. The second kappa shape index (κ2) is 9.72. The Morgan fingerprint density at radius 3 is 2.60 bits per heavy atom. The van der Waals surface area contributed by atoms with Gasteiger partial charge >= 0.3 is 0 Å². The maximum Gasteiger partial charge on any atom is 0.194 e. The highest BCUT2D eigenvalue weighted by Gasteiger charge is 2.80. The molecular formula is C34H36F2O6S. The van der Waals surface area contributed by atoms with E-state index in [9.17, 15) is 19.8 Å². The van der Waals surface area contributed by atoms with Gasteiger partial charge < -0.3 is 19.7 Å². The summed E-state index contributed by atoms with van der Waals surface area (Å²) in [6, 6.07) is 10.3. The number of carbonyl (C=O) groups is 2. The number of benzene rings is 1. The second-order valence-electron chi connectivity index (χ2n) is 13.5. The van der Waals surface area contributed by atoms with Crippen molar-refractivity contribution < 1.29 is 38.1 Å². The topological polar surface area (TPSA) is 93.1 Å². The molecule has 1 aliphatic heterocycles. The Balaban J connectivity index is 1.22. The summed E-state index contributed by atoms with van der Waals surface area (Å²) in [5.74, 6) is -2.54. The van der Waals surface area contributed by atoms with E-state index in [4.69, 9.17) is 9.47 Å². The minimum atomic E-state index is -2.27. The largest absolute Gasteiger partial charge is 0.390 e. The molecule has 10 atom stereocenters. The molecule has 1 aromatic carbocycles. The van der Waals surface area contributed by atoms with Gasteiger partial charge in [0.25, 0.3) is 0 Å². The van der Waals surface area contributed by atoms with Gasteiger partial charge in [-0.15, -0.1) is 11.3 Å². The number of rotatable bonds is 5. The molecule has 0 radical (unpaired) electrons. The summed E-state index contributed by atoms with van der Waals surface area (Å²) < 4.78 is 46.3. The Morgan fingerprint density at radius 2 is 1.88 bits per heavy atom. The van der Waals surface area contributed by atoms with Crippen molar-refractivity contribution in [3.8, 4) is 0 Å². The molecule has 6 nitrogen and oxygen atoms in total. The van der Waals surface area contributed by atoms with Crippen molar-refractivity contribution in [3.05, 3.63) is 81.1 Å². The number of ketones is 2. The third-order valence-electron chi connectivity index (χ3n) is 11.4. The van der Waals surface area contributed by atoms with E-state index < -0.39 is 76.8 Å². The monoisotopic (exact) mass is 610 g/mol. The molecule has 2 heterocycles. The molecular weight excluding hydrogens is 574 g/mol. The lowest BCUT2D eigenvalue weighted by molar-refractivity contribution is -0.234. The van der Waals surface area contributed by atoms with Crippen LogP contribution in [0.4, 0.5) is 8.78 Å². The fourth-order valence-electron chi connectivity index (χ4n) is 9.25. The first-order valence-electron chi connectivity index (χ1n) is 14.9. The van der Waals surface area contributed by atoms with Crippen molar-refractivity contribution in [2.24, 2.45) is 22.7 Å². The molecule has 4 aliphatic carbocycles. The quantitative estimate of drug-likeness (QED) is 0.478. The normalized spacial score (nSPS) is 43.0. The molecule has 9 heteroatoms. The maximum atomic E-state index is 17.5. The Morgan fingerprint density at radius 1 is 1.14 bits per heavy atom. The van der Waals surface area contributed by atoms with Crippen LogP contribution in [0, 0.1) is 29.6 Å². The summed E-state index contributed by atoms with van der Waals surface area (Å²) in [5.41, 5.74) is -3.11. The number of carbonyl (C=O) groups excluding carboxylic acids is 2. The number of thiophene rings is 1. The lowest BCUT2D eigenvalue weighted by atomic mass is 9.44. The molecule has 5 aliphatic rings. The molecule has 0 bridgehead atoms. The van der Waals surface area contributed by atoms with Crippen LogP contribution >= 0.6 is 11.3 Å². The summed E-state index contributed by atoms with van der Waals surface area (Å²) in [6.45, 7) is 4.57. The molecule has 2 N–H and O–H groups in total. The SMILES string of the molecule is Cc1ccc(Cc2csc([C@@H]3O[C@@H]4C[C@H]5[C@@H]6C[C@H](F)C7=CC(=O)C=C[C@]7(C)[C@@]6(F)[C@@H](O)C[C@]5(C)[C@]4(C(=O)CO)O3)c2)cc1. The standard InChI is InChI=1S/C34H36F2O6S/c1-18-4-6-19(7-5-18)10-20-11-26(43-17-20)30-41-29-14-22-23-13-25(35)24-12-21(38)8-9-31(24,2)33(23,36)27(39)15-32(22,3)34(29,42-30)28(40)16-37/h4-9,11-12,17,22-23,25,27,29-30,37,39H,10,13-16H2,1-3H3/t22-,23-,25-,27-,29+,30+,31-,32-,33-,34+/m0/s1. The minimum Gasteiger partial charge on any atom is -0.390 e. The zero-order valence-corrected chi connectivity index (χ0v) is 25.2. The first kappa shape index (κ1) is 29.2. The number of ether oxygens (including phenoxy) is 2. The Labute approximate surface area is 253 Å². The van der Waals surface area contributed by atoms with E-state index in [1.54, 1.807) is 13.8 Å². The third kappa shape index (κ3) is 3.81. The Hall–Kier alpha value is -2.56. The number of hydrogen-bond acceptors (Lipinski definition) is 7. The van der Waals surface area contributed by atoms with Crippen LogP contribution in [0.25, 0.3) is 0 Å². The van der Waals surface area contributed by atoms with Gasteiger partial charge in [0.15, 0.2) is 29.1 Å². The highest BCUT2D eigenvalue weighted by atomic mass is 32.1. The second-order valence-corrected chi connectivity index (χ2v) is 14.4. The molecule has 0 unspecified atom stereocenters. The number of halogens is 2. The highest BCUT2D eigenvalue weighted by Crippen LogP contribution is 2.72. The first-order chi connectivity index (χ1) is 20.4. The Kier molecular flexibility index (Phi) is 6.59. The van der Waals surface area contributed by atoms with Crippen molar-refractivity contribution in [3.63, 3.8) is 0 Å². The highest BCUT2D eigenvalue weighted by molar-refractivity contribution is 7.10. The summed E-state index contributed by atoms with van der Waals surface area (Å²) in [7, 11) is 0. The van der Waals surface area contributed by atoms with Gasteiger partial charge in [-0.3, -0.25) is 9.59 Å². The maximum absolute atomic E-state index is 17.5. The van der Waals surface area contributed by atoms with Gasteiger partial charge in [0.1, 0.15) is 12.8 Å². The number of aliphatic hydroxyl groups is 2. The summed E-state index contributed by atoms with van der Waals surface area (Å²) in [5, 5.41) is 23.9. The molecule has 43 heavy (non-hydrogen) atoms. The van der Waals surface area contributed by atoms with E-state index in [1.165, 1.54) is 29.1 Å². The van der Waals surface area contributed by atoms with Gasteiger partial charge in [-0.2, -0.15) is 0 Å². The minimum absolute atomic E-state index is 0.0486. The molecule has 1 saturated heterocycles. The molecule has 4 fully saturated rings. The van der Waals surface area contributed by atoms with Crippen molar-refractivity contribution in [2.75, 3.05) is 6.61 Å². The van der Waals surface area contributed by atoms with Crippen LogP contribution in [0.1, 0.15) is 61.0 Å². The molecule has 7 rings (SSSR count). The number of aliphatic hydroxyl groups excluding tert-OH is 2. The van der Waals surface area contributed by atoms with Crippen LogP contribution in [0.3, 0.4) is 0 Å². The lowest BCUT2D eigenvalue weighted by Gasteiger charge is -2.63. The van der Waals surface area contributed by atoms with E-state index in [-0.39, 0.29) is 24.8 Å². The van der Waals surface area contributed by atoms with Gasteiger partial charge in [-0.1, -0.05) is 42.8 Å². The van der Waals surface area contributed by atoms with Crippen LogP contribution in [0.2, 0.25) is 0 Å². The third-order valence-corrected chi connectivity index (χ3v) is 12.4. The number of allylic oxidation sites excluding steroid dienone is 4. The summed E-state index contributed by atoms with van der Waals surface area (Å²) in [4.78, 5) is 26.6. The van der Waals surface area contributed by atoms with Gasteiger partial charge in [-0.25, -0.2) is 8.78 Å². The summed E-state index contributed by atoms with van der Waals surface area (Å²) in [6.07, 6.45) is -0.484. The number of alkyl halides is 2. The molecule has 2 aromatic rings. The lowest BCUT2D eigenvalue weighted by Crippen LogP contribution is -2.70. The smallest absolute Gasteiger partial charge is 0.194 e. The number of fused-ring (bicyclic) bond motifs is 7. The fourth-order valence-corrected chi connectivity index (χ4v) is 10.1. The van der Waals surface area contributed by atoms with Crippen LogP contribution in [0.5, 0.6) is 0 Å². The van der Waals surface area contributed by atoms with Gasteiger partial charge in [0.05, 0.1) is 17.1 Å². The molecule has 0 spiro atoms. The van der Waals surface area contributed by atoms with Crippen LogP contribution in [0.15, 0.2) is 59.5 Å². The van der Waals surface area contributed by atoms with Crippen LogP contribution < -0.4 is 0 Å².